The molecule has 0 spiro atoms. The number of hydrogen-bond donors (Lipinski definition) is 1. The van der Waals surface area contributed by atoms with Gasteiger partial charge in [0.25, 0.3) is 5.91 Å². The van der Waals surface area contributed by atoms with Crippen molar-refractivity contribution in [1.29, 1.82) is 0 Å². The van der Waals surface area contributed by atoms with E-state index in [0.29, 0.717) is 11.3 Å². The summed E-state index contributed by atoms with van der Waals surface area (Å²) in [5.41, 5.74) is 0.903. The highest BCUT2D eigenvalue weighted by molar-refractivity contribution is 9.10. The lowest BCUT2D eigenvalue weighted by Crippen LogP contribution is -2.47. The molecule has 2 aromatic carbocycles. The quantitative estimate of drug-likeness (QED) is 0.458. The first kappa shape index (κ1) is 24.7. The van der Waals surface area contributed by atoms with E-state index in [1.165, 1.54) is 24.1 Å². The Morgan fingerprint density at radius 2 is 1.91 bits per heavy atom. The summed E-state index contributed by atoms with van der Waals surface area (Å²) < 4.78 is 33.2. The molecule has 1 aromatic heterocycles. The van der Waals surface area contributed by atoms with Crippen molar-refractivity contribution in [2.75, 3.05) is 18.5 Å². The van der Waals surface area contributed by atoms with Gasteiger partial charge in [-0.05, 0) is 47.3 Å². The van der Waals surface area contributed by atoms with E-state index in [2.05, 4.69) is 15.9 Å². The van der Waals surface area contributed by atoms with E-state index >= 15 is 0 Å². The van der Waals surface area contributed by atoms with Gasteiger partial charge in [-0.2, -0.15) is 4.31 Å². The molecule has 3 aromatic rings. The summed E-state index contributed by atoms with van der Waals surface area (Å²) in [5, 5.41) is 11.2. The summed E-state index contributed by atoms with van der Waals surface area (Å²) in [6, 6.07) is 12.9. The van der Waals surface area contributed by atoms with Crippen LogP contribution in [0.15, 0.2) is 63.3 Å². The van der Waals surface area contributed by atoms with Crippen molar-refractivity contribution in [3.8, 4) is 5.75 Å². The molecule has 0 bridgehead atoms. The molecule has 0 radical (unpaired) electrons. The van der Waals surface area contributed by atoms with E-state index in [9.17, 15) is 23.1 Å². The first-order valence-corrected chi connectivity index (χ1v) is 13.4. The molecule has 34 heavy (non-hydrogen) atoms. The van der Waals surface area contributed by atoms with Crippen molar-refractivity contribution in [1.82, 2.24) is 4.31 Å². The minimum atomic E-state index is -3.78. The molecule has 1 unspecified atom stereocenters. The van der Waals surface area contributed by atoms with Crippen molar-refractivity contribution >= 4 is 66.5 Å². The number of carbonyl (C=O) groups is 2. The summed E-state index contributed by atoms with van der Waals surface area (Å²) in [4.78, 5) is 26.5. The van der Waals surface area contributed by atoms with Gasteiger partial charge in [0.15, 0.2) is 0 Å². The predicted molar refractivity (Wildman–Crippen MR) is 132 cm³/mol. The molecule has 2 heterocycles. The highest BCUT2D eigenvalue weighted by Crippen LogP contribution is 2.37. The highest BCUT2D eigenvalue weighted by Gasteiger charge is 2.35. The number of benzene rings is 2. The fraction of sp³-hybridized carbons (Fsp3) is 0.182. The van der Waals surface area contributed by atoms with E-state index in [1.54, 1.807) is 41.8 Å². The normalized spacial score (nSPS) is 15.6. The number of carboxylic acids is 1. The number of ether oxygens (including phenoxy) is 1. The van der Waals surface area contributed by atoms with Crippen molar-refractivity contribution in [3.05, 3.63) is 73.8 Å². The number of nitrogens with zero attached hydrogens (tertiary/aromatic N) is 2. The van der Waals surface area contributed by atoms with E-state index in [1.807, 2.05) is 0 Å². The summed E-state index contributed by atoms with van der Waals surface area (Å²) in [7, 11) is -2.34. The zero-order chi connectivity index (χ0) is 24.6. The van der Waals surface area contributed by atoms with Crippen LogP contribution in [0.1, 0.15) is 15.2 Å². The molecule has 4 rings (SSSR count). The Kier molecular flexibility index (Phi) is 7.02. The Labute approximate surface area is 213 Å². The summed E-state index contributed by atoms with van der Waals surface area (Å²) in [5.74, 6) is -1.39. The van der Waals surface area contributed by atoms with Crippen LogP contribution in [0.2, 0.25) is 5.02 Å². The molecule has 1 aliphatic rings. The number of halogens is 2. The van der Waals surface area contributed by atoms with E-state index < -0.39 is 28.0 Å². The fourth-order valence-electron chi connectivity index (χ4n) is 3.42. The predicted octanol–water partition coefficient (Wildman–Crippen LogP) is 4.48. The van der Waals surface area contributed by atoms with Gasteiger partial charge in [-0.3, -0.25) is 9.69 Å². The van der Waals surface area contributed by atoms with Crippen LogP contribution >= 0.6 is 38.9 Å². The van der Waals surface area contributed by atoms with Gasteiger partial charge in [-0.1, -0.05) is 39.7 Å². The van der Waals surface area contributed by atoms with Gasteiger partial charge in [0.05, 0.1) is 22.2 Å². The number of carboxylic acid groups (broad SMARTS) is 1. The van der Waals surface area contributed by atoms with Crippen molar-refractivity contribution in [3.63, 3.8) is 0 Å². The molecule has 178 valence electrons. The van der Waals surface area contributed by atoms with Crippen molar-refractivity contribution < 1.29 is 27.9 Å². The van der Waals surface area contributed by atoms with E-state index in [0.717, 1.165) is 20.1 Å². The first-order chi connectivity index (χ1) is 16.1. The lowest BCUT2D eigenvalue weighted by Gasteiger charge is -2.32. The van der Waals surface area contributed by atoms with Crippen LogP contribution in [-0.4, -0.2) is 49.4 Å². The first-order valence-electron chi connectivity index (χ1n) is 9.87. The molecule has 1 aliphatic heterocycles. The zero-order valence-electron chi connectivity index (χ0n) is 17.6. The number of hydrogen-bond acceptors (Lipinski definition) is 6. The average molecular weight is 586 g/mol. The SMILES string of the molecule is CN(Cc1csc(C(=O)N2CC(C(=O)O)Oc3ccccc32)c1Cl)S(=O)(=O)c1ccc(Br)cc1. The van der Waals surface area contributed by atoms with Gasteiger partial charge < -0.3 is 9.84 Å². The lowest BCUT2D eigenvalue weighted by molar-refractivity contribution is -0.144. The number of rotatable bonds is 6. The van der Waals surface area contributed by atoms with Gasteiger partial charge in [-0.25, -0.2) is 13.2 Å². The van der Waals surface area contributed by atoms with Crippen molar-refractivity contribution in [2.45, 2.75) is 17.5 Å². The molecule has 1 amide bonds. The number of carbonyl (C=O) groups excluding carboxylic acids is 1. The average Bonchev–Trinajstić information content (AvgIpc) is 3.17. The molecule has 1 N–H and O–H groups in total. The summed E-state index contributed by atoms with van der Waals surface area (Å²) >= 11 is 10.9. The van der Waals surface area contributed by atoms with Crippen LogP contribution in [-0.2, 0) is 21.4 Å². The van der Waals surface area contributed by atoms with Crippen LogP contribution in [0.4, 0.5) is 5.69 Å². The Hall–Kier alpha value is -2.44. The molecule has 1 atom stereocenters. The molecule has 0 fully saturated rings. The third-order valence-corrected chi connectivity index (χ3v) is 9.11. The van der Waals surface area contributed by atoms with Crippen LogP contribution < -0.4 is 9.64 Å². The van der Waals surface area contributed by atoms with Gasteiger partial charge in [0, 0.05) is 18.1 Å². The maximum atomic E-state index is 13.4. The standard InChI is InChI=1S/C22H18BrClN2O6S2/c1-25(34(30,31)15-8-6-14(23)7-9-15)10-13-12-33-20(19(13)24)21(27)26-11-18(22(28)29)32-17-5-3-2-4-16(17)26/h2-9,12,18H,10-11H2,1H3,(H,28,29). The van der Waals surface area contributed by atoms with Gasteiger partial charge in [0.1, 0.15) is 10.6 Å². The number of para-hydroxylation sites is 2. The van der Waals surface area contributed by atoms with Gasteiger partial charge >= 0.3 is 5.97 Å². The number of amides is 1. The topological polar surface area (TPSA) is 104 Å². The monoisotopic (exact) mass is 584 g/mol. The molecule has 0 aliphatic carbocycles. The second-order valence-electron chi connectivity index (χ2n) is 7.45. The molecular formula is C22H18BrClN2O6S2. The van der Waals surface area contributed by atoms with Crippen LogP contribution in [0.3, 0.4) is 0 Å². The second kappa shape index (κ2) is 9.67. The maximum Gasteiger partial charge on any atom is 0.346 e. The smallest absolute Gasteiger partial charge is 0.346 e. The molecule has 0 saturated heterocycles. The largest absolute Gasteiger partial charge is 0.478 e. The summed E-state index contributed by atoms with van der Waals surface area (Å²) in [6.45, 7) is -0.231. The highest BCUT2D eigenvalue weighted by atomic mass is 79.9. The third kappa shape index (κ3) is 4.71. The Morgan fingerprint density at radius 3 is 2.59 bits per heavy atom. The van der Waals surface area contributed by atoms with E-state index in [4.69, 9.17) is 16.3 Å². The molecule has 0 saturated carbocycles. The molecular weight excluding hydrogens is 568 g/mol. The zero-order valence-corrected chi connectivity index (χ0v) is 21.6. The summed E-state index contributed by atoms with van der Waals surface area (Å²) in [6.07, 6.45) is -1.22. The molecule has 8 nitrogen and oxygen atoms in total. The Balaban J connectivity index is 1.59. The number of anilines is 1. The lowest BCUT2D eigenvalue weighted by atomic mass is 10.1. The number of thiophene rings is 1. The molecule has 12 heteroatoms. The fourth-order valence-corrected chi connectivity index (χ4v) is 6.12. The van der Waals surface area contributed by atoms with E-state index in [-0.39, 0.29) is 33.6 Å². The van der Waals surface area contributed by atoms with Gasteiger partial charge in [0.2, 0.25) is 16.1 Å². The Morgan fingerprint density at radius 1 is 1.24 bits per heavy atom. The maximum absolute atomic E-state index is 13.4. The van der Waals surface area contributed by atoms with Crippen LogP contribution in [0.5, 0.6) is 5.75 Å². The van der Waals surface area contributed by atoms with Gasteiger partial charge in [-0.15, -0.1) is 11.3 Å². The minimum Gasteiger partial charge on any atom is -0.478 e. The van der Waals surface area contributed by atoms with Crippen LogP contribution in [0.25, 0.3) is 0 Å². The number of fused-ring (bicyclic) bond motifs is 1. The minimum absolute atomic E-state index is 0.0432. The number of aliphatic carboxylic acids is 1. The second-order valence-corrected chi connectivity index (χ2v) is 11.7. The van der Waals surface area contributed by atoms with Crippen molar-refractivity contribution in [2.24, 2.45) is 0 Å². The van der Waals surface area contributed by atoms with Crippen LogP contribution in [0, 0.1) is 0 Å². The number of sulfonamides is 1. The third-order valence-electron chi connectivity index (χ3n) is 5.20. The Bertz CT molecular complexity index is 1360.